The van der Waals surface area contributed by atoms with Crippen LogP contribution in [-0.4, -0.2) is 31.3 Å². The molecular formula is C20H18O5. The molecule has 0 aliphatic carbocycles. The van der Waals surface area contributed by atoms with Crippen molar-refractivity contribution in [3.63, 3.8) is 0 Å². The highest BCUT2D eigenvalue weighted by atomic mass is 16.5. The van der Waals surface area contributed by atoms with Crippen LogP contribution in [0.25, 0.3) is 0 Å². The van der Waals surface area contributed by atoms with Gasteiger partial charge in [-0.2, -0.15) is 0 Å². The van der Waals surface area contributed by atoms with Gasteiger partial charge in [-0.1, -0.05) is 42.5 Å². The summed E-state index contributed by atoms with van der Waals surface area (Å²) in [6.45, 7) is 1.73. The predicted octanol–water partition coefficient (Wildman–Crippen LogP) is 3.25. The zero-order chi connectivity index (χ0) is 18.2. The summed E-state index contributed by atoms with van der Waals surface area (Å²) >= 11 is 0. The van der Waals surface area contributed by atoms with Crippen LogP contribution in [0, 0.1) is 0 Å². The van der Waals surface area contributed by atoms with Crippen molar-refractivity contribution >= 4 is 17.5 Å². The molecule has 0 spiro atoms. The SMILES string of the molecule is CCOC(=O)/C(=C/C(=O)c1cccc(OC)c1)C(=O)c1ccccc1. The van der Waals surface area contributed by atoms with Crippen molar-refractivity contribution in [2.75, 3.05) is 13.7 Å². The van der Waals surface area contributed by atoms with Crippen LogP contribution in [0.2, 0.25) is 0 Å². The fourth-order valence-electron chi connectivity index (χ4n) is 2.16. The highest BCUT2D eigenvalue weighted by Crippen LogP contribution is 2.16. The van der Waals surface area contributed by atoms with Crippen LogP contribution in [0.15, 0.2) is 66.2 Å². The number of allylic oxidation sites excluding steroid dienone is 1. The quantitative estimate of drug-likeness (QED) is 0.255. The van der Waals surface area contributed by atoms with E-state index in [0.717, 1.165) is 6.08 Å². The number of ketones is 2. The molecule has 0 bridgehead atoms. The molecule has 2 aromatic rings. The van der Waals surface area contributed by atoms with Crippen molar-refractivity contribution in [2.24, 2.45) is 0 Å². The number of ether oxygens (including phenoxy) is 2. The number of rotatable bonds is 7. The van der Waals surface area contributed by atoms with E-state index >= 15 is 0 Å². The molecule has 0 saturated heterocycles. The molecule has 0 fully saturated rings. The van der Waals surface area contributed by atoms with E-state index in [0.29, 0.717) is 16.9 Å². The molecule has 0 radical (unpaired) electrons. The monoisotopic (exact) mass is 338 g/mol. The van der Waals surface area contributed by atoms with Gasteiger partial charge in [0.1, 0.15) is 11.3 Å². The number of hydrogen-bond donors (Lipinski definition) is 0. The molecule has 0 unspecified atom stereocenters. The molecule has 5 nitrogen and oxygen atoms in total. The summed E-state index contributed by atoms with van der Waals surface area (Å²) < 4.78 is 10.0. The molecule has 0 N–H and O–H groups in total. The molecular weight excluding hydrogens is 320 g/mol. The van der Waals surface area contributed by atoms with E-state index in [2.05, 4.69) is 0 Å². The largest absolute Gasteiger partial charge is 0.497 e. The Balaban J connectivity index is 2.40. The second kappa shape index (κ2) is 8.59. The Labute approximate surface area is 145 Å². The summed E-state index contributed by atoms with van der Waals surface area (Å²) in [5, 5.41) is 0. The van der Waals surface area contributed by atoms with E-state index in [-0.39, 0.29) is 12.2 Å². The maximum Gasteiger partial charge on any atom is 0.342 e. The fourth-order valence-corrected chi connectivity index (χ4v) is 2.16. The van der Waals surface area contributed by atoms with Gasteiger partial charge in [-0.25, -0.2) is 4.79 Å². The van der Waals surface area contributed by atoms with E-state index < -0.39 is 17.5 Å². The van der Waals surface area contributed by atoms with Crippen molar-refractivity contribution in [1.29, 1.82) is 0 Å². The standard InChI is InChI=1S/C20H18O5/c1-3-25-20(23)17(19(22)14-8-5-4-6-9-14)13-18(21)15-10-7-11-16(12-15)24-2/h4-13H,3H2,1-2H3/b17-13+. The van der Waals surface area contributed by atoms with Crippen LogP contribution in [0.1, 0.15) is 27.6 Å². The summed E-state index contributed by atoms with van der Waals surface area (Å²) in [4.78, 5) is 37.2. The van der Waals surface area contributed by atoms with Gasteiger partial charge in [0.2, 0.25) is 0 Å². The number of methoxy groups -OCH3 is 1. The Bertz CT molecular complexity index is 806. The molecule has 0 amide bonds. The van der Waals surface area contributed by atoms with E-state index in [9.17, 15) is 14.4 Å². The number of esters is 1. The topological polar surface area (TPSA) is 69.7 Å². The van der Waals surface area contributed by atoms with E-state index in [1.54, 1.807) is 55.5 Å². The molecule has 0 atom stereocenters. The number of Topliss-reactive ketones (excluding diaryl/α,β-unsaturated/α-hetero) is 1. The van der Waals surface area contributed by atoms with Crippen LogP contribution in [-0.2, 0) is 9.53 Å². The third kappa shape index (κ3) is 4.64. The summed E-state index contributed by atoms with van der Waals surface area (Å²) in [5.74, 6) is -1.36. The molecule has 25 heavy (non-hydrogen) atoms. The van der Waals surface area contributed by atoms with Crippen LogP contribution in [0.4, 0.5) is 0 Å². The van der Waals surface area contributed by atoms with Gasteiger partial charge in [0.15, 0.2) is 11.6 Å². The Morgan fingerprint density at radius 2 is 1.64 bits per heavy atom. The van der Waals surface area contributed by atoms with E-state index in [4.69, 9.17) is 9.47 Å². The molecule has 0 aromatic heterocycles. The molecule has 0 heterocycles. The van der Waals surface area contributed by atoms with Gasteiger partial charge >= 0.3 is 5.97 Å². The zero-order valence-corrected chi connectivity index (χ0v) is 14.0. The minimum Gasteiger partial charge on any atom is -0.497 e. The molecule has 0 aliphatic heterocycles. The van der Waals surface area contributed by atoms with Crippen LogP contribution in [0.3, 0.4) is 0 Å². The summed E-state index contributed by atoms with van der Waals surface area (Å²) in [6.07, 6.45) is 1.02. The van der Waals surface area contributed by atoms with E-state index in [1.165, 1.54) is 13.2 Å². The van der Waals surface area contributed by atoms with Crippen molar-refractivity contribution in [2.45, 2.75) is 6.92 Å². The third-order valence-corrected chi connectivity index (χ3v) is 3.41. The molecule has 2 rings (SSSR count). The van der Waals surface area contributed by atoms with Gasteiger partial charge in [0, 0.05) is 17.2 Å². The summed E-state index contributed by atoms with van der Waals surface area (Å²) in [5.41, 5.74) is 0.308. The lowest BCUT2D eigenvalue weighted by Gasteiger charge is -2.07. The number of hydrogen-bond acceptors (Lipinski definition) is 5. The second-order valence-electron chi connectivity index (χ2n) is 5.07. The van der Waals surface area contributed by atoms with Crippen molar-refractivity contribution < 1.29 is 23.9 Å². The first-order valence-electron chi connectivity index (χ1n) is 7.73. The fraction of sp³-hybridized carbons (Fsp3) is 0.150. The van der Waals surface area contributed by atoms with Gasteiger partial charge in [-0.15, -0.1) is 0 Å². The summed E-state index contributed by atoms with van der Waals surface area (Å²) in [7, 11) is 1.49. The Morgan fingerprint density at radius 3 is 2.28 bits per heavy atom. The lowest BCUT2D eigenvalue weighted by atomic mass is 10.0. The predicted molar refractivity (Wildman–Crippen MR) is 92.8 cm³/mol. The average molecular weight is 338 g/mol. The number of carbonyl (C=O) groups is 3. The highest BCUT2D eigenvalue weighted by Gasteiger charge is 2.22. The molecule has 5 heteroatoms. The summed E-state index contributed by atoms with van der Waals surface area (Å²) in [6, 6.07) is 14.7. The first-order valence-corrected chi connectivity index (χ1v) is 7.73. The van der Waals surface area contributed by atoms with Gasteiger partial charge < -0.3 is 9.47 Å². The normalized spacial score (nSPS) is 10.9. The lowest BCUT2D eigenvalue weighted by molar-refractivity contribution is -0.138. The van der Waals surface area contributed by atoms with Crippen LogP contribution >= 0.6 is 0 Å². The van der Waals surface area contributed by atoms with Crippen molar-refractivity contribution in [1.82, 2.24) is 0 Å². The van der Waals surface area contributed by atoms with Gasteiger partial charge in [0.25, 0.3) is 0 Å². The highest BCUT2D eigenvalue weighted by molar-refractivity contribution is 6.27. The second-order valence-corrected chi connectivity index (χ2v) is 5.07. The maximum atomic E-state index is 12.6. The van der Waals surface area contributed by atoms with Gasteiger partial charge in [-0.05, 0) is 19.1 Å². The molecule has 128 valence electrons. The van der Waals surface area contributed by atoms with Crippen LogP contribution in [0.5, 0.6) is 5.75 Å². The number of carbonyl (C=O) groups excluding carboxylic acids is 3. The van der Waals surface area contributed by atoms with Crippen molar-refractivity contribution in [3.8, 4) is 5.75 Å². The third-order valence-electron chi connectivity index (χ3n) is 3.41. The minimum atomic E-state index is -0.826. The van der Waals surface area contributed by atoms with Crippen molar-refractivity contribution in [3.05, 3.63) is 77.4 Å². The minimum absolute atomic E-state index is 0.103. The first-order chi connectivity index (χ1) is 12.1. The molecule has 2 aromatic carbocycles. The zero-order valence-electron chi connectivity index (χ0n) is 14.0. The van der Waals surface area contributed by atoms with E-state index in [1.807, 2.05) is 0 Å². The Kier molecular flexibility index (Phi) is 6.23. The first kappa shape index (κ1) is 18.1. The smallest absolute Gasteiger partial charge is 0.342 e. The van der Waals surface area contributed by atoms with Crippen LogP contribution < -0.4 is 4.74 Å². The number of benzene rings is 2. The average Bonchev–Trinajstić information content (AvgIpc) is 2.66. The maximum absolute atomic E-state index is 12.6. The molecule has 0 aliphatic rings. The Morgan fingerprint density at radius 1 is 0.960 bits per heavy atom. The molecule has 0 saturated carbocycles. The lowest BCUT2D eigenvalue weighted by Crippen LogP contribution is -2.18. The Hall–Kier alpha value is -3.21. The van der Waals surface area contributed by atoms with Gasteiger partial charge in [-0.3, -0.25) is 9.59 Å². The van der Waals surface area contributed by atoms with Gasteiger partial charge in [0.05, 0.1) is 13.7 Å².